The van der Waals surface area contributed by atoms with Gasteiger partial charge in [0.1, 0.15) is 11.9 Å². The average molecular weight is 453 g/mol. The van der Waals surface area contributed by atoms with E-state index in [2.05, 4.69) is 64.2 Å². The van der Waals surface area contributed by atoms with Gasteiger partial charge in [0.2, 0.25) is 5.95 Å². The molecule has 1 aromatic heterocycles. The summed E-state index contributed by atoms with van der Waals surface area (Å²) in [6.45, 7) is 12.9. The molecule has 2 aromatic rings. The summed E-state index contributed by atoms with van der Waals surface area (Å²) >= 11 is 0. The van der Waals surface area contributed by atoms with Crippen LogP contribution in [0.5, 0.6) is 0 Å². The van der Waals surface area contributed by atoms with Crippen LogP contribution in [0.3, 0.4) is 0 Å². The second-order valence-corrected chi connectivity index (χ2v) is 9.02. The summed E-state index contributed by atoms with van der Waals surface area (Å²) in [7, 11) is 0. The molecule has 1 atom stereocenters. The van der Waals surface area contributed by atoms with Crippen molar-refractivity contribution in [2.75, 3.05) is 73.7 Å². The van der Waals surface area contributed by atoms with Gasteiger partial charge >= 0.3 is 0 Å². The van der Waals surface area contributed by atoms with Crippen LogP contribution >= 0.6 is 0 Å². The number of para-hydroxylation sites is 1. The Labute approximate surface area is 199 Å². The molecule has 0 saturated carbocycles. The molecule has 0 aliphatic carbocycles. The molecule has 2 fully saturated rings. The molecule has 7 heteroatoms. The molecule has 2 aliphatic rings. The van der Waals surface area contributed by atoms with E-state index in [0.717, 1.165) is 76.3 Å². The first-order valence-corrected chi connectivity index (χ1v) is 12.8. The molecule has 33 heavy (non-hydrogen) atoms. The number of benzene rings is 1. The van der Waals surface area contributed by atoms with E-state index >= 15 is 0 Å². The Hall–Kier alpha value is -2.38. The Bertz CT molecular complexity index is 826. The van der Waals surface area contributed by atoms with Crippen molar-refractivity contribution in [2.45, 2.75) is 45.6 Å². The van der Waals surface area contributed by atoms with E-state index in [-0.39, 0.29) is 6.10 Å². The Kier molecular flexibility index (Phi) is 8.78. The smallest absolute Gasteiger partial charge is 0.227 e. The van der Waals surface area contributed by atoms with Gasteiger partial charge in [-0.05, 0) is 25.0 Å². The molecule has 0 spiro atoms. The fraction of sp³-hybridized carbons (Fsp3) is 0.615. The largest absolute Gasteiger partial charge is 0.371 e. The van der Waals surface area contributed by atoms with E-state index in [4.69, 9.17) is 14.7 Å². The maximum Gasteiger partial charge on any atom is 0.227 e. The monoisotopic (exact) mass is 452 g/mol. The van der Waals surface area contributed by atoms with Crippen molar-refractivity contribution in [2.24, 2.45) is 0 Å². The minimum absolute atomic E-state index is 0.0171. The number of nitrogens with zero attached hydrogens (tertiary/aromatic N) is 5. The Morgan fingerprint density at radius 3 is 2.33 bits per heavy atom. The highest BCUT2D eigenvalue weighted by molar-refractivity contribution is 5.53. The molecule has 0 amide bonds. The molecule has 7 nitrogen and oxygen atoms in total. The van der Waals surface area contributed by atoms with Gasteiger partial charge in [-0.3, -0.25) is 0 Å². The van der Waals surface area contributed by atoms with Crippen molar-refractivity contribution < 1.29 is 4.74 Å². The van der Waals surface area contributed by atoms with Gasteiger partial charge in [-0.15, -0.1) is 0 Å². The van der Waals surface area contributed by atoms with Crippen LogP contribution in [-0.4, -0.2) is 68.9 Å². The number of hydrogen-bond acceptors (Lipinski definition) is 7. The van der Waals surface area contributed by atoms with Gasteiger partial charge in [0, 0.05) is 69.8 Å². The van der Waals surface area contributed by atoms with Crippen molar-refractivity contribution in [3.63, 3.8) is 0 Å². The first-order chi connectivity index (χ1) is 16.3. The average Bonchev–Trinajstić information content (AvgIpc) is 2.90. The normalized spacial score (nSPS) is 19.0. The lowest BCUT2D eigenvalue weighted by molar-refractivity contribution is 0.0276. The Morgan fingerprint density at radius 2 is 1.70 bits per heavy atom. The van der Waals surface area contributed by atoms with Crippen LogP contribution in [0.2, 0.25) is 0 Å². The van der Waals surface area contributed by atoms with E-state index in [1.807, 2.05) is 6.20 Å². The highest BCUT2D eigenvalue weighted by Crippen LogP contribution is 2.30. The van der Waals surface area contributed by atoms with E-state index in [1.54, 1.807) is 0 Å². The molecule has 4 rings (SSSR count). The molecule has 1 N–H and O–H groups in total. The number of morpholine rings is 1. The van der Waals surface area contributed by atoms with Crippen molar-refractivity contribution in [3.05, 3.63) is 42.1 Å². The fourth-order valence-electron chi connectivity index (χ4n) is 4.60. The number of piperazine rings is 1. The topological polar surface area (TPSA) is 56.8 Å². The van der Waals surface area contributed by atoms with Gasteiger partial charge in [-0.25, -0.2) is 4.98 Å². The summed E-state index contributed by atoms with van der Waals surface area (Å²) in [5, 5.41) is 3.47. The molecule has 1 unspecified atom stereocenters. The summed E-state index contributed by atoms with van der Waals surface area (Å²) in [6.07, 6.45) is 6.74. The van der Waals surface area contributed by atoms with E-state index in [1.165, 1.54) is 31.4 Å². The van der Waals surface area contributed by atoms with Gasteiger partial charge in [-0.2, -0.15) is 4.98 Å². The molecule has 2 aliphatic heterocycles. The maximum atomic E-state index is 6.12. The minimum Gasteiger partial charge on any atom is -0.371 e. The van der Waals surface area contributed by atoms with Gasteiger partial charge in [0.15, 0.2) is 0 Å². The summed E-state index contributed by atoms with van der Waals surface area (Å²) in [4.78, 5) is 17.3. The number of hydrogen-bond donors (Lipinski definition) is 1. The molecule has 2 saturated heterocycles. The van der Waals surface area contributed by atoms with Gasteiger partial charge in [0.05, 0.1) is 6.61 Å². The third-order valence-electron chi connectivity index (χ3n) is 6.60. The van der Waals surface area contributed by atoms with Gasteiger partial charge in [-0.1, -0.05) is 44.9 Å². The number of rotatable bonds is 10. The quantitative estimate of drug-likeness (QED) is 0.587. The minimum atomic E-state index is 0.0171. The highest BCUT2D eigenvalue weighted by atomic mass is 16.5. The number of ether oxygens (including phenoxy) is 1. The molecular weight excluding hydrogens is 412 g/mol. The molecule has 0 bridgehead atoms. The van der Waals surface area contributed by atoms with Crippen LogP contribution in [0.1, 0.15) is 51.2 Å². The van der Waals surface area contributed by atoms with E-state index in [9.17, 15) is 0 Å². The van der Waals surface area contributed by atoms with Crippen LogP contribution in [0.15, 0.2) is 36.5 Å². The summed E-state index contributed by atoms with van der Waals surface area (Å²) < 4.78 is 6.12. The second kappa shape index (κ2) is 12.2. The number of nitrogens with one attached hydrogen (secondary N) is 1. The molecule has 3 heterocycles. The van der Waals surface area contributed by atoms with Crippen molar-refractivity contribution >= 4 is 17.5 Å². The highest BCUT2D eigenvalue weighted by Gasteiger charge is 2.26. The number of unbranched alkanes of at least 4 members (excludes halogenated alkanes) is 2. The SMILES string of the molecule is CCCCN(CCCC)c1nc(N2CCN(c3ccccc3)CC2)ncc1C1CNCCO1. The lowest BCUT2D eigenvalue weighted by atomic mass is 10.1. The fourth-order valence-corrected chi connectivity index (χ4v) is 4.60. The van der Waals surface area contributed by atoms with Crippen molar-refractivity contribution in [1.29, 1.82) is 0 Å². The van der Waals surface area contributed by atoms with Gasteiger partial charge < -0.3 is 24.8 Å². The van der Waals surface area contributed by atoms with Crippen LogP contribution in [0.4, 0.5) is 17.5 Å². The summed E-state index contributed by atoms with van der Waals surface area (Å²) in [5.74, 6) is 1.92. The number of anilines is 3. The van der Waals surface area contributed by atoms with Crippen molar-refractivity contribution in [3.8, 4) is 0 Å². The van der Waals surface area contributed by atoms with Crippen LogP contribution in [0, 0.1) is 0 Å². The van der Waals surface area contributed by atoms with E-state index < -0.39 is 0 Å². The second-order valence-electron chi connectivity index (χ2n) is 9.02. The standard InChI is InChI=1S/C26H40N6O/c1-3-5-13-31(14-6-4-2)25-23(24-21-27-12-19-33-24)20-28-26(29-25)32-17-15-30(16-18-32)22-10-8-7-9-11-22/h7-11,20,24,27H,3-6,12-19,21H2,1-2H3. The van der Waals surface area contributed by atoms with Crippen molar-refractivity contribution in [1.82, 2.24) is 15.3 Å². The molecular formula is C26H40N6O. The zero-order chi connectivity index (χ0) is 22.9. The predicted octanol–water partition coefficient (Wildman–Crippen LogP) is 3.87. The maximum absolute atomic E-state index is 6.12. The first-order valence-electron chi connectivity index (χ1n) is 12.8. The lowest BCUT2D eigenvalue weighted by Crippen LogP contribution is -2.47. The first kappa shape index (κ1) is 23.8. The number of aromatic nitrogens is 2. The van der Waals surface area contributed by atoms with Crippen LogP contribution < -0.4 is 20.0 Å². The molecule has 0 radical (unpaired) electrons. The van der Waals surface area contributed by atoms with Gasteiger partial charge in [0.25, 0.3) is 0 Å². The lowest BCUT2D eigenvalue weighted by Gasteiger charge is -2.37. The van der Waals surface area contributed by atoms with Crippen LogP contribution in [-0.2, 0) is 4.74 Å². The predicted molar refractivity (Wildman–Crippen MR) is 136 cm³/mol. The zero-order valence-corrected chi connectivity index (χ0v) is 20.4. The van der Waals surface area contributed by atoms with E-state index in [0.29, 0.717) is 0 Å². The summed E-state index contributed by atoms with van der Waals surface area (Å²) in [5.41, 5.74) is 2.42. The molecule has 1 aromatic carbocycles. The van der Waals surface area contributed by atoms with Crippen LogP contribution in [0.25, 0.3) is 0 Å². The zero-order valence-electron chi connectivity index (χ0n) is 20.4. The molecule has 180 valence electrons. The third kappa shape index (κ3) is 6.15. The third-order valence-corrected chi connectivity index (χ3v) is 6.60. The Balaban J connectivity index is 1.55. The Morgan fingerprint density at radius 1 is 1.00 bits per heavy atom. The summed E-state index contributed by atoms with van der Waals surface area (Å²) in [6, 6.07) is 10.7.